The molecule has 3 aromatic heterocycles. The highest BCUT2D eigenvalue weighted by Gasteiger charge is 2.19. The molecule has 0 fully saturated rings. The van der Waals surface area contributed by atoms with Crippen LogP contribution >= 0.6 is 11.3 Å². The van der Waals surface area contributed by atoms with Crippen LogP contribution in [-0.4, -0.2) is 32.5 Å². The van der Waals surface area contributed by atoms with Gasteiger partial charge in [0.25, 0.3) is 11.8 Å². The van der Waals surface area contributed by atoms with Gasteiger partial charge < -0.3 is 16.4 Å². The third-order valence-corrected chi connectivity index (χ3v) is 6.48. The number of amides is 2. The number of rotatable bonds is 7. The quantitative estimate of drug-likeness (QED) is 0.367. The molecule has 1 aromatic carbocycles. The van der Waals surface area contributed by atoms with Crippen LogP contribution in [0.3, 0.4) is 0 Å². The van der Waals surface area contributed by atoms with E-state index >= 15 is 0 Å². The largest absolute Gasteiger partial charge is 0.366 e. The van der Waals surface area contributed by atoms with Crippen molar-refractivity contribution in [3.05, 3.63) is 69.8 Å². The molecule has 4 aromatic rings. The number of thiophene rings is 1. The van der Waals surface area contributed by atoms with Crippen molar-refractivity contribution in [2.45, 2.75) is 39.3 Å². The predicted octanol–water partition coefficient (Wildman–Crippen LogP) is 4.20. The molecule has 0 radical (unpaired) electrons. The lowest BCUT2D eigenvalue weighted by atomic mass is 10.1. The number of fused-ring (bicyclic) bond motifs is 1. The van der Waals surface area contributed by atoms with Gasteiger partial charge in [-0.05, 0) is 72.7 Å². The lowest BCUT2D eigenvalue weighted by Crippen LogP contribution is -2.33. The van der Waals surface area contributed by atoms with Gasteiger partial charge in [-0.1, -0.05) is 19.1 Å². The van der Waals surface area contributed by atoms with Crippen LogP contribution in [0.4, 0.5) is 10.3 Å². The second-order valence-electron chi connectivity index (χ2n) is 8.10. The van der Waals surface area contributed by atoms with E-state index in [0.29, 0.717) is 16.2 Å². The van der Waals surface area contributed by atoms with Crippen LogP contribution in [0.25, 0.3) is 16.8 Å². The molecule has 176 valence electrons. The molecule has 2 atom stereocenters. The number of nitrogens with one attached hydrogen (secondary N) is 2. The Labute approximate surface area is 200 Å². The lowest BCUT2D eigenvalue weighted by molar-refractivity contribution is 0.0927. The Kier molecular flexibility index (Phi) is 6.60. The van der Waals surface area contributed by atoms with Crippen molar-refractivity contribution in [3.8, 4) is 11.1 Å². The summed E-state index contributed by atoms with van der Waals surface area (Å²) < 4.78 is 14.6. The zero-order valence-electron chi connectivity index (χ0n) is 19.0. The highest BCUT2D eigenvalue weighted by Crippen LogP contribution is 2.28. The summed E-state index contributed by atoms with van der Waals surface area (Å²) in [6, 6.07) is 11.0. The Hall–Kier alpha value is -3.79. The van der Waals surface area contributed by atoms with Gasteiger partial charge in [-0.25, -0.2) is 8.91 Å². The van der Waals surface area contributed by atoms with Crippen molar-refractivity contribution < 1.29 is 14.0 Å². The first-order valence-corrected chi connectivity index (χ1v) is 11.8. The summed E-state index contributed by atoms with van der Waals surface area (Å²) in [4.78, 5) is 30.4. The van der Waals surface area contributed by atoms with E-state index < -0.39 is 0 Å². The minimum atomic E-state index is -0.325. The minimum Gasteiger partial charge on any atom is -0.366 e. The fourth-order valence-electron chi connectivity index (χ4n) is 3.44. The maximum atomic E-state index is 13.2. The molecule has 0 aliphatic heterocycles. The molecule has 8 nitrogen and oxygen atoms in total. The van der Waals surface area contributed by atoms with Gasteiger partial charge >= 0.3 is 0 Å². The molecule has 0 aliphatic carbocycles. The number of aromatic nitrogens is 3. The summed E-state index contributed by atoms with van der Waals surface area (Å²) >= 11 is 1.29. The van der Waals surface area contributed by atoms with Crippen LogP contribution < -0.4 is 16.4 Å². The smallest absolute Gasteiger partial charge is 0.270 e. The molecular formula is C24H25FN6O2S. The van der Waals surface area contributed by atoms with Crippen LogP contribution in [-0.2, 0) is 0 Å². The van der Waals surface area contributed by atoms with E-state index in [9.17, 15) is 14.0 Å². The topological polar surface area (TPSA) is 114 Å². The fourth-order valence-corrected chi connectivity index (χ4v) is 4.26. The van der Waals surface area contributed by atoms with Gasteiger partial charge in [0.2, 0.25) is 5.95 Å². The van der Waals surface area contributed by atoms with Crippen LogP contribution in [0.2, 0.25) is 0 Å². The Bertz CT molecular complexity index is 1350. The predicted molar refractivity (Wildman–Crippen MR) is 130 cm³/mol. The Morgan fingerprint density at radius 3 is 2.53 bits per heavy atom. The molecule has 2 amide bonds. The van der Waals surface area contributed by atoms with E-state index in [1.165, 1.54) is 28.0 Å². The van der Waals surface area contributed by atoms with Crippen LogP contribution in [0.1, 0.15) is 59.0 Å². The standard InChI is InChI=1S/C24H25FN6O2S/c1-4-13(2)27-22(32)19-9-16(11-21-29-24(26)30-31(19)21)17-10-20(34-12-17)23(33)28-14(3)15-5-7-18(25)8-6-15/h5-14H,4H2,1-3H3,(H2,26,30)(H,27,32)(H,28,33)/t13-,14-/m0/s1. The van der Waals surface area contributed by atoms with E-state index in [2.05, 4.69) is 20.7 Å². The molecule has 0 aliphatic rings. The normalized spacial score (nSPS) is 12.9. The fraction of sp³-hybridized carbons (Fsp3) is 0.250. The van der Waals surface area contributed by atoms with E-state index in [1.54, 1.807) is 30.3 Å². The summed E-state index contributed by atoms with van der Waals surface area (Å²) in [6.07, 6.45) is 0.785. The number of anilines is 1. The molecule has 0 saturated carbocycles. The second-order valence-corrected chi connectivity index (χ2v) is 9.01. The third-order valence-electron chi connectivity index (χ3n) is 5.55. The van der Waals surface area contributed by atoms with Crippen LogP contribution in [0.5, 0.6) is 0 Å². The van der Waals surface area contributed by atoms with Gasteiger partial charge in [0.05, 0.1) is 10.9 Å². The number of carbonyl (C=O) groups excluding carboxylic acids is 2. The molecule has 0 spiro atoms. The first-order valence-electron chi connectivity index (χ1n) is 10.9. The van der Waals surface area contributed by atoms with Crippen molar-refractivity contribution in [1.29, 1.82) is 0 Å². The van der Waals surface area contributed by atoms with E-state index in [1.807, 2.05) is 26.2 Å². The maximum absolute atomic E-state index is 13.2. The molecular weight excluding hydrogens is 455 g/mol. The van der Waals surface area contributed by atoms with Gasteiger partial charge in [-0.3, -0.25) is 9.59 Å². The number of carbonyl (C=O) groups is 2. The van der Waals surface area contributed by atoms with Crippen molar-refractivity contribution in [3.63, 3.8) is 0 Å². The van der Waals surface area contributed by atoms with Crippen LogP contribution in [0, 0.1) is 5.82 Å². The third kappa shape index (κ3) is 4.91. The van der Waals surface area contributed by atoms with Gasteiger partial charge in [0.1, 0.15) is 11.5 Å². The summed E-state index contributed by atoms with van der Waals surface area (Å²) in [5, 5.41) is 11.9. The second kappa shape index (κ2) is 9.60. The number of nitrogen functional groups attached to an aromatic ring is 1. The lowest BCUT2D eigenvalue weighted by Gasteiger charge is -2.13. The maximum Gasteiger partial charge on any atom is 0.270 e. The molecule has 0 unspecified atom stereocenters. The monoisotopic (exact) mass is 480 g/mol. The van der Waals surface area contributed by atoms with E-state index in [4.69, 9.17) is 5.73 Å². The van der Waals surface area contributed by atoms with E-state index in [-0.39, 0.29) is 35.7 Å². The number of nitrogens with two attached hydrogens (primary N) is 1. The van der Waals surface area contributed by atoms with Crippen molar-refractivity contribution >= 4 is 34.7 Å². The molecule has 4 N–H and O–H groups in total. The number of hydrogen-bond donors (Lipinski definition) is 3. The highest BCUT2D eigenvalue weighted by molar-refractivity contribution is 7.12. The van der Waals surface area contributed by atoms with Gasteiger partial charge in [-0.15, -0.1) is 16.4 Å². The number of pyridine rings is 1. The molecule has 10 heteroatoms. The minimum absolute atomic E-state index is 0.00776. The van der Waals surface area contributed by atoms with Crippen molar-refractivity contribution in [2.24, 2.45) is 0 Å². The average Bonchev–Trinajstić information content (AvgIpc) is 3.44. The first kappa shape index (κ1) is 23.4. The number of benzene rings is 1. The summed E-state index contributed by atoms with van der Waals surface area (Å²) in [6.45, 7) is 5.75. The zero-order chi connectivity index (χ0) is 24.4. The number of hydrogen-bond acceptors (Lipinski definition) is 6. The van der Waals surface area contributed by atoms with Crippen molar-refractivity contribution in [2.75, 3.05) is 5.73 Å². The van der Waals surface area contributed by atoms with Gasteiger partial charge in [-0.2, -0.15) is 4.98 Å². The van der Waals surface area contributed by atoms with E-state index in [0.717, 1.165) is 23.1 Å². The summed E-state index contributed by atoms with van der Waals surface area (Å²) in [5.74, 6) is -0.785. The Balaban J connectivity index is 1.60. The van der Waals surface area contributed by atoms with Crippen LogP contribution in [0.15, 0.2) is 47.8 Å². The molecule has 4 rings (SSSR count). The Morgan fingerprint density at radius 2 is 1.82 bits per heavy atom. The Morgan fingerprint density at radius 1 is 1.09 bits per heavy atom. The summed E-state index contributed by atoms with van der Waals surface area (Å²) in [7, 11) is 0. The van der Waals surface area contributed by atoms with Crippen molar-refractivity contribution in [1.82, 2.24) is 25.2 Å². The molecule has 0 saturated heterocycles. The first-order chi connectivity index (χ1) is 16.2. The average molecular weight is 481 g/mol. The molecule has 3 heterocycles. The van der Waals surface area contributed by atoms with Gasteiger partial charge in [0, 0.05) is 6.04 Å². The molecule has 34 heavy (non-hydrogen) atoms. The highest BCUT2D eigenvalue weighted by atomic mass is 32.1. The van der Waals surface area contributed by atoms with Gasteiger partial charge in [0.15, 0.2) is 5.65 Å². The number of nitrogens with zero attached hydrogens (tertiary/aromatic N) is 3. The summed E-state index contributed by atoms with van der Waals surface area (Å²) in [5.41, 5.74) is 8.81. The number of halogens is 1. The molecule has 0 bridgehead atoms. The zero-order valence-corrected chi connectivity index (χ0v) is 19.8. The SMILES string of the molecule is CC[C@H](C)NC(=O)c1cc(-c2csc(C(=O)N[C@@H](C)c3ccc(F)cc3)c2)cc2nc(N)nn12.